The van der Waals surface area contributed by atoms with Crippen LogP contribution < -0.4 is 0 Å². The zero-order chi connectivity index (χ0) is 19.6. The van der Waals surface area contributed by atoms with Gasteiger partial charge >= 0.3 is 0 Å². The van der Waals surface area contributed by atoms with Gasteiger partial charge in [-0.2, -0.15) is 0 Å². The van der Waals surface area contributed by atoms with E-state index in [9.17, 15) is 0 Å². The molecule has 26 heavy (non-hydrogen) atoms. The Kier molecular flexibility index (Phi) is 18.4. The summed E-state index contributed by atoms with van der Waals surface area (Å²) in [4.78, 5) is 0. The zero-order valence-electron chi connectivity index (χ0n) is 19.6. The SMILES string of the molecule is CC(C)CCCCCCC(CCCCCC(C)C)CCCCCC(C)C. The Bertz CT molecular complexity index is 245. The molecule has 0 heteroatoms. The molecule has 0 aromatic rings. The molecule has 0 saturated heterocycles. The fraction of sp³-hybridized carbons (Fsp3) is 1.00. The van der Waals surface area contributed by atoms with Crippen LogP contribution in [0.4, 0.5) is 0 Å². The highest BCUT2D eigenvalue weighted by atomic mass is 14.1. The van der Waals surface area contributed by atoms with Crippen LogP contribution in [0, 0.1) is 23.7 Å². The molecule has 0 radical (unpaired) electrons. The molecule has 0 nitrogen and oxygen atoms in total. The lowest BCUT2D eigenvalue weighted by Crippen LogP contribution is -2.02. The minimum atomic E-state index is 0.887. The summed E-state index contributed by atoms with van der Waals surface area (Å²) < 4.78 is 0. The largest absolute Gasteiger partial charge is 0.0628 e. The number of hydrogen-bond donors (Lipinski definition) is 0. The van der Waals surface area contributed by atoms with E-state index < -0.39 is 0 Å². The van der Waals surface area contributed by atoms with Crippen LogP contribution in [-0.4, -0.2) is 0 Å². The molecule has 0 aliphatic carbocycles. The minimum absolute atomic E-state index is 0.887. The molecule has 158 valence electrons. The molecule has 0 aromatic heterocycles. The van der Waals surface area contributed by atoms with Gasteiger partial charge in [0.1, 0.15) is 0 Å². The molecule has 0 bridgehead atoms. The number of rotatable bonds is 19. The van der Waals surface area contributed by atoms with Crippen molar-refractivity contribution in [3.05, 3.63) is 0 Å². The van der Waals surface area contributed by atoms with Gasteiger partial charge in [-0.15, -0.1) is 0 Å². The second kappa shape index (κ2) is 18.4. The molecule has 0 atom stereocenters. The predicted molar refractivity (Wildman–Crippen MR) is 122 cm³/mol. The van der Waals surface area contributed by atoms with E-state index in [0.29, 0.717) is 0 Å². The third kappa shape index (κ3) is 20.3. The van der Waals surface area contributed by atoms with Gasteiger partial charge in [-0.1, -0.05) is 144 Å². The average molecular weight is 367 g/mol. The van der Waals surface area contributed by atoms with E-state index >= 15 is 0 Å². The van der Waals surface area contributed by atoms with Gasteiger partial charge in [-0.3, -0.25) is 0 Å². The summed E-state index contributed by atoms with van der Waals surface area (Å²) in [7, 11) is 0. The van der Waals surface area contributed by atoms with Crippen molar-refractivity contribution in [1.29, 1.82) is 0 Å². The summed E-state index contributed by atoms with van der Waals surface area (Å²) in [6.07, 6.45) is 23.5. The van der Waals surface area contributed by atoms with E-state index in [1.165, 1.54) is 103 Å². The van der Waals surface area contributed by atoms with Gasteiger partial charge in [0.15, 0.2) is 0 Å². The van der Waals surface area contributed by atoms with Gasteiger partial charge in [0.05, 0.1) is 0 Å². The third-order valence-electron chi connectivity index (χ3n) is 5.93. The monoisotopic (exact) mass is 366 g/mol. The van der Waals surface area contributed by atoms with Gasteiger partial charge in [0.2, 0.25) is 0 Å². The fourth-order valence-corrected chi connectivity index (χ4v) is 4.10. The van der Waals surface area contributed by atoms with E-state index in [-0.39, 0.29) is 0 Å². The fourth-order valence-electron chi connectivity index (χ4n) is 4.10. The Morgan fingerprint density at radius 2 is 0.538 bits per heavy atom. The standard InChI is InChI=1S/C26H54/c1-23(2)17-11-7-8-14-20-26(21-15-9-12-18-24(3)4)22-16-10-13-19-25(5)6/h23-26H,7-22H2,1-6H3. The second-order valence-corrected chi connectivity index (χ2v) is 10.3. The van der Waals surface area contributed by atoms with E-state index in [1.54, 1.807) is 0 Å². The molecule has 0 aromatic carbocycles. The van der Waals surface area contributed by atoms with Crippen LogP contribution in [0.15, 0.2) is 0 Å². The van der Waals surface area contributed by atoms with Crippen molar-refractivity contribution in [3.8, 4) is 0 Å². The smallest absolute Gasteiger partial charge is 0.0414 e. The second-order valence-electron chi connectivity index (χ2n) is 10.3. The molecule has 0 aliphatic rings. The lowest BCUT2D eigenvalue weighted by atomic mass is 9.89. The zero-order valence-corrected chi connectivity index (χ0v) is 19.6. The van der Waals surface area contributed by atoms with Crippen LogP contribution in [0.3, 0.4) is 0 Å². The van der Waals surface area contributed by atoms with Crippen LogP contribution >= 0.6 is 0 Å². The van der Waals surface area contributed by atoms with Crippen molar-refractivity contribution in [2.75, 3.05) is 0 Å². The van der Waals surface area contributed by atoms with Crippen molar-refractivity contribution >= 4 is 0 Å². The molecule has 0 rings (SSSR count). The highest BCUT2D eigenvalue weighted by Gasteiger charge is 2.09. The van der Waals surface area contributed by atoms with Gasteiger partial charge in [-0.25, -0.2) is 0 Å². The Morgan fingerprint density at radius 3 is 0.808 bits per heavy atom. The maximum absolute atomic E-state index is 2.36. The van der Waals surface area contributed by atoms with Crippen molar-refractivity contribution in [3.63, 3.8) is 0 Å². The maximum Gasteiger partial charge on any atom is -0.0414 e. The van der Waals surface area contributed by atoms with Crippen LogP contribution in [0.1, 0.15) is 144 Å². The van der Waals surface area contributed by atoms with E-state index in [0.717, 1.165) is 23.7 Å². The molecular weight excluding hydrogens is 312 g/mol. The van der Waals surface area contributed by atoms with Crippen LogP contribution in [-0.2, 0) is 0 Å². The predicted octanol–water partition coefficient (Wildman–Crippen LogP) is 9.81. The Balaban J connectivity index is 3.87. The number of hydrogen-bond acceptors (Lipinski definition) is 0. The van der Waals surface area contributed by atoms with Crippen molar-refractivity contribution in [1.82, 2.24) is 0 Å². The minimum Gasteiger partial charge on any atom is -0.0628 e. The lowest BCUT2D eigenvalue weighted by molar-refractivity contribution is 0.361. The van der Waals surface area contributed by atoms with Crippen LogP contribution in [0.25, 0.3) is 0 Å². The first-order valence-electron chi connectivity index (χ1n) is 12.4. The molecule has 0 saturated carbocycles. The highest BCUT2D eigenvalue weighted by Crippen LogP contribution is 2.25. The van der Waals surface area contributed by atoms with Gasteiger partial charge in [0.25, 0.3) is 0 Å². The average Bonchev–Trinajstić information content (AvgIpc) is 2.55. The molecular formula is C26H54. The van der Waals surface area contributed by atoms with Gasteiger partial charge < -0.3 is 0 Å². The van der Waals surface area contributed by atoms with E-state index in [4.69, 9.17) is 0 Å². The first-order valence-corrected chi connectivity index (χ1v) is 12.4. The normalized spacial score (nSPS) is 12.2. The summed E-state index contributed by atoms with van der Waals surface area (Å²) in [5, 5.41) is 0. The summed E-state index contributed by atoms with van der Waals surface area (Å²) in [5.74, 6) is 3.69. The quantitative estimate of drug-likeness (QED) is 0.199. The molecule has 0 aliphatic heterocycles. The van der Waals surface area contributed by atoms with E-state index in [2.05, 4.69) is 41.5 Å². The van der Waals surface area contributed by atoms with Gasteiger partial charge in [-0.05, 0) is 23.7 Å². The molecule has 0 amide bonds. The number of unbranched alkanes of at least 4 members (excludes halogenated alkanes) is 7. The van der Waals surface area contributed by atoms with Crippen LogP contribution in [0.2, 0.25) is 0 Å². The topological polar surface area (TPSA) is 0 Å². The molecule has 0 unspecified atom stereocenters. The van der Waals surface area contributed by atoms with Crippen molar-refractivity contribution in [2.24, 2.45) is 23.7 Å². The first-order chi connectivity index (χ1) is 12.4. The Hall–Kier alpha value is 0. The molecule has 0 heterocycles. The highest BCUT2D eigenvalue weighted by molar-refractivity contribution is 4.62. The van der Waals surface area contributed by atoms with Crippen molar-refractivity contribution < 1.29 is 0 Å². The summed E-state index contributed by atoms with van der Waals surface area (Å²) in [5.41, 5.74) is 0. The Morgan fingerprint density at radius 1 is 0.308 bits per heavy atom. The van der Waals surface area contributed by atoms with Gasteiger partial charge in [0, 0.05) is 0 Å². The maximum atomic E-state index is 2.36. The summed E-state index contributed by atoms with van der Waals surface area (Å²) >= 11 is 0. The lowest BCUT2D eigenvalue weighted by Gasteiger charge is -2.17. The first kappa shape index (κ1) is 26.0. The van der Waals surface area contributed by atoms with Crippen molar-refractivity contribution in [2.45, 2.75) is 144 Å². The molecule has 0 spiro atoms. The Labute approximate surface area is 168 Å². The summed E-state index contributed by atoms with van der Waals surface area (Å²) in [6, 6.07) is 0. The third-order valence-corrected chi connectivity index (χ3v) is 5.93. The summed E-state index contributed by atoms with van der Waals surface area (Å²) in [6.45, 7) is 14.2. The van der Waals surface area contributed by atoms with E-state index in [1.807, 2.05) is 0 Å². The molecule has 0 fully saturated rings. The molecule has 0 N–H and O–H groups in total. The van der Waals surface area contributed by atoms with Crippen LogP contribution in [0.5, 0.6) is 0 Å².